The van der Waals surface area contributed by atoms with Gasteiger partial charge in [0.1, 0.15) is 5.82 Å². The maximum atomic E-state index is 13.6. The lowest BCUT2D eigenvalue weighted by Crippen LogP contribution is -2.07. The molecule has 1 saturated carbocycles. The average Bonchev–Trinajstić information content (AvgIpc) is 3.08. The van der Waals surface area contributed by atoms with Gasteiger partial charge in [0.05, 0.1) is 18.1 Å². The molecule has 20 heavy (non-hydrogen) atoms. The largest absolute Gasteiger partial charge is 0.466 e. The molecule has 2 atom stereocenters. The summed E-state index contributed by atoms with van der Waals surface area (Å²) in [6.07, 6.45) is 0.692. The van der Waals surface area contributed by atoms with E-state index < -0.39 is 5.82 Å². The fraction of sp³-hybridized carbons (Fsp3) is 0.429. The van der Waals surface area contributed by atoms with E-state index in [1.165, 1.54) is 19.1 Å². The summed E-state index contributed by atoms with van der Waals surface area (Å²) in [7, 11) is 0. The first-order valence-electron chi connectivity index (χ1n) is 6.01. The van der Waals surface area contributed by atoms with Gasteiger partial charge in [0.15, 0.2) is 5.78 Å². The van der Waals surface area contributed by atoms with Crippen LogP contribution in [0.25, 0.3) is 0 Å². The normalized spacial score (nSPS) is 19.4. The van der Waals surface area contributed by atoms with Gasteiger partial charge in [-0.25, -0.2) is 4.39 Å². The van der Waals surface area contributed by atoms with Crippen molar-refractivity contribution in [2.75, 3.05) is 6.61 Å². The Labute approximate surface area is 131 Å². The molecule has 0 saturated heterocycles. The van der Waals surface area contributed by atoms with Gasteiger partial charge in [-0.15, -0.1) is 0 Å². The zero-order valence-electron chi connectivity index (χ0n) is 11.4. The smallest absolute Gasteiger partial charge is 0.309 e. The molecule has 1 aliphatic carbocycles. The fourth-order valence-electron chi connectivity index (χ4n) is 2.12. The molecule has 1 fully saturated rings. The highest BCUT2D eigenvalue weighted by atomic mass is 32.1. The van der Waals surface area contributed by atoms with Crippen LogP contribution in [-0.2, 0) is 9.53 Å². The zero-order valence-corrected chi connectivity index (χ0v) is 13.4. The third-order valence-corrected chi connectivity index (χ3v) is 3.18. The molecule has 1 aromatic carbocycles. The van der Waals surface area contributed by atoms with Crippen molar-refractivity contribution in [2.24, 2.45) is 5.92 Å². The second-order valence-electron chi connectivity index (χ2n) is 4.50. The van der Waals surface area contributed by atoms with E-state index in [1.807, 2.05) is 0 Å². The molecule has 0 amide bonds. The van der Waals surface area contributed by atoms with Gasteiger partial charge in [0, 0.05) is 0 Å². The topological polar surface area (TPSA) is 43.4 Å². The van der Waals surface area contributed by atoms with E-state index in [0.717, 1.165) is 5.56 Å². The SMILES string of the molecule is CCOC(=O)[C@H]1C[C@@H]1c1ccc(C(C)=O)c(F)c1.S.S. The maximum Gasteiger partial charge on any atom is 0.309 e. The van der Waals surface area contributed by atoms with E-state index in [1.54, 1.807) is 13.0 Å². The van der Waals surface area contributed by atoms with Crippen molar-refractivity contribution < 1.29 is 18.7 Å². The van der Waals surface area contributed by atoms with Crippen molar-refractivity contribution in [3.05, 3.63) is 35.1 Å². The molecule has 0 heterocycles. The average molecular weight is 318 g/mol. The standard InChI is InChI=1S/C14H15FO3.2H2S/c1-3-18-14(17)12-7-11(12)9-4-5-10(8(2)16)13(15)6-9;;/h4-6,11-12H,3,7H2,1-2H3;2*1H2/t11-,12+;;/m1../s1. The molecule has 112 valence electrons. The lowest BCUT2D eigenvalue weighted by Gasteiger charge is -2.04. The van der Waals surface area contributed by atoms with Crippen LogP contribution in [0.3, 0.4) is 0 Å². The van der Waals surface area contributed by atoms with Crippen LogP contribution in [0.4, 0.5) is 4.39 Å². The van der Waals surface area contributed by atoms with Gasteiger partial charge >= 0.3 is 5.97 Å². The minimum absolute atomic E-state index is 0. The van der Waals surface area contributed by atoms with Gasteiger partial charge in [0.25, 0.3) is 0 Å². The lowest BCUT2D eigenvalue weighted by atomic mass is 10.0. The number of ketones is 1. The molecule has 0 N–H and O–H groups in total. The minimum Gasteiger partial charge on any atom is -0.466 e. The van der Waals surface area contributed by atoms with Crippen LogP contribution < -0.4 is 0 Å². The van der Waals surface area contributed by atoms with E-state index in [0.29, 0.717) is 13.0 Å². The summed E-state index contributed by atoms with van der Waals surface area (Å²) in [6.45, 7) is 3.45. The summed E-state index contributed by atoms with van der Waals surface area (Å²) < 4.78 is 18.6. The summed E-state index contributed by atoms with van der Waals surface area (Å²) in [4.78, 5) is 22.6. The van der Waals surface area contributed by atoms with Gasteiger partial charge in [-0.3, -0.25) is 9.59 Å². The molecule has 0 aromatic heterocycles. The van der Waals surface area contributed by atoms with Gasteiger partial charge in [-0.05, 0) is 43.9 Å². The predicted octanol–water partition coefficient (Wildman–Crippen LogP) is 2.92. The number of rotatable bonds is 4. The third kappa shape index (κ3) is 3.99. The number of esters is 1. The molecule has 1 aromatic rings. The quantitative estimate of drug-likeness (QED) is 0.633. The Bertz CT molecular complexity index is 505. The Morgan fingerprint density at radius 1 is 1.35 bits per heavy atom. The molecule has 2 rings (SSSR count). The molecule has 0 radical (unpaired) electrons. The lowest BCUT2D eigenvalue weighted by molar-refractivity contribution is -0.144. The minimum atomic E-state index is -0.519. The summed E-state index contributed by atoms with van der Waals surface area (Å²) >= 11 is 0. The molecule has 0 unspecified atom stereocenters. The van der Waals surface area contributed by atoms with Crippen molar-refractivity contribution in [1.82, 2.24) is 0 Å². The Kier molecular flexibility index (Phi) is 7.30. The molecular formula is C14H19FO3S2. The first-order chi connectivity index (χ1) is 8.54. The van der Waals surface area contributed by atoms with Gasteiger partial charge in [0.2, 0.25) is 0 Å². The van der Waals surface area contributed by atoms with Crippen LogP contribution in [0, 0.1) is 11.7 Å². The van der Waals surface area contributed by atoms with E-state index in [4.69, 9.17) is 4.74 Å². The van der Waals surface area contributed by atoms with Crippen molar-refractivity contribution in [3.63, 3.8) is 0 Å². The number of Topliss-reactive ketones (excluding diaryl/α,β-unsaturated/α-hetero) is 1. The van der Waals surface area contributed by atoms with Gasteiger partial charge < -0.3 is 4.74 Å². The zero-order chi connectivity index (χ0) is 13.3. The number of halogens is 1. The third-order valence-electron chi connectivity index (χ3n) is 3.18. The van der Waals surface area contributed by atoms with Gasteiger partial charge in [-0.2, -0.15) is 27.0 Å². The highest BCUT2D eigenvalue weighted by Gasteiger charge is 2.45. The summed E-state index contributed by atoms with van der Waals surface area (Å²) in [6, 6.07) is 4.54. The monoisotopic (exact) mass is 318 g/mol. The summed E-state index contributed by atoms with van der Waals surface area (Å²) in [5.41, 5.74) is 0.850. The Morgan fingerprint density at radius 2 is 2.00 bits per heavy atom. The van der Waals surface area contributed by atoms with Gasteiger partial charge in [-0.1, -0.05) is 6.07 Å². The summed E-state index contributed by atoms with van der Waals surface area (Å²) in [5, 5.41) is 0. The number of benzene rings is 1. The first kappa shape index (κ1) is 19.0. The molecule has 0 spiro atoms. The Balaban J connectivity index is 0.00000180. The van der Waals surface area contributed by atoms with E-state index in [-0.39, 0.29) is 56.1 Å². The Hall–Kier alpha value is -1.01. The van der Waals surface area contributed by atoms with Crippen LogP contribution in [-0.4, -0.2) is 18.4 Å². The highest BCUT2D eigenvalue weighted by molar-refractivity contribution is 7.59. The van der Waals surface area contributed by atoms with Crippen LogP contribution in [0.2, 0.25) is 0 Å². The van der Waals surface area contributed by atoms with Crippen LogP contribution in [0.5, 0.6) is 0 Å². The number of carbonyl (C=O) groups excluding carboxylic acids is 2. The van der Waals surface area contributed by atoms with Crippen molar-refractivity contribution in [2.45, 2.75) is 26.2 Å². The Morgan fingerprint density at radius 3 is 2.50 bits per heavy atom. The molecular weight excluding hydrogens is 299 g/mol. The van der Waals surface area contributed by atoms with Crippen molar-refractivity contribution >= 4 is 38.7 Å². The summed E-state index contributed by atoms with van der Waals surface area (Å²) in [5.74, 6) is -1.17. The highest BCUT2D eigenvalue weighted by Crippen LogP contribution is 2.48. The van der Waals surface area contributed by atoms with E-state index in [9.17, 15) is 14.0 Å². The van der Waals surface area contributed by atoms with Crippen LogP contribution >= 0.6 is 27.0 Å². The number of ether oxygens (including phenoxy) is 1. The van der Waals surface area contributed by atoms with Crippen LogP contribution in [0.1, 0.15) is 42.1 Å². The molecule has 1 aliphatic rings. The number of hydrogen-bond donors (Lipinski definition) is 0. The van der Waals surface area contributed by atoms with Crippen molar-refractivity contribution in [1.29, 1.82) is 0 Å². The van der Waals surface area contributed by atoms with Crippen molar-refractivity contribution in [3.8, 4) is 0 Å². The first-order valence-corrected chi connectivity index (χ1v) is 6.01. The second-order valence-corrected chi connectivity index (χ2v) is 4.50. The molecule has 0 aliphatic heterocycles. The van der Waals surface area contributed by atoms with E-state index >= 15 is 0 Å². The molecule has 0 bridgehead atoms. The predicted molar refractivity (Wildman–Crippen MR) is 84.6 cm³/mol. The number of hydrogen-bond acceptors (Lipinski definition) is 3. The number of carbonyl (C=O) groups is 2. The molecule has 3 nitrogen and oxygen atoms in total. The second kappa shape index (κ2) is 7.69. The fourth-order valence-corrected chi connectivity index (χ4v) is 2.12. The maximum absolute atomic E-state index is 13.6. The van der Waals surface area contributed by atoms with E-state index in [2.05, 4.69) is 0 Å². The molecule has 6 heteroatoms. The van der Waals surface area contributed by atoms with Crippen LogP contribution in [0.15, 0.2) is 18.2 Å².